The van der Waals surface area contributed by atoms with Crippen LogP contribution in [0, 0.1) is 0 Å². The van der Waals surface area contributed by atoms with E-state index in [0.717, 1.165) is 71.0 Å². The Morgan fingerprint density at radius 1 is 1.03 bits per heavy atom. The molecule has 3 aromatic carbocycles. The molecule has 1 atom stereocenters. The van der Waals surface area contributed by atoms with E-state index in [1.807, 2.05) is 24.3 Å². The van der Waals surface area contributed by atoms with Crippen LogP contribution in [0.2, 0.25) is 0 Å². The largest absolute Gasteiger partial charge is 0.508 e. The van der Waals surface area contributed by atoms with E-state index in [4.69, 9.17) is 9.15 Å². The van der Waals surface area contributed by atoms with Crippen LogP contribution in [0.15, 0.2) is 82.3 Å². The predicted molar refractivity (Wildman–Crippen MR) is 148 cm³/mol. The molecule has 6 rings (SSSR count). The summed E-state index contributed by atoms with van der Waals surface area (Å²) in [6.07, 6.45) is 4.33. The molecule has 3 heterocycles. The molecule has 1 fully saturated rings. The minimum absolute atomic E-state index is 0.139. The molecule has 0 radical (unpaired) electrons. The van der Waals surface area contributed by atoms with Crippen LogP contribution in [0.3, 0.4) is 0 Å². The predicted octanol–water partition coefficient (Wildman–Crippen LogP) is 7.41. The molecular weight excluding hydrogens is 485 g/mol. The first-order chi connectivity index (χ1) is 18.2. The van der Waals surface area contributed by atoms with Gasteiger partial charge in [0.25, 0.3) is 0 Å². The van der Waals surface area contributed by atoms with Crippen molar-refractivity contribution in [2.45, 2.75) is 30.3 Å². The van der Waals surface area contributed by atoms with Gasteiger partial charge < -0.3 is 14.3 Å². The van der Waals surface area contributed by atoms with Crippen molar-refractivity contribution in [2.24, 2.45) is 0 Å². The maximum absolute atomic E-state index is 12.5. The zero-order valence-electron chi connectivity index (χ0n) is 20.7. The highest BCUT2D eigenvalue weighted by molar-refractivity contribution is 7.99. The third-order valence-corrected chi connectivity index (χ3v) is 8.29. The number of ether oxygens (including phenoxy) is 1. The number of hydrogen-bond donors (Lipinski definition) is 1. The highest BCUT2D eigenvalue weighted by atomic mass is 32.2. The van der Waals surface area contributed by atoms with Crippen LogP contribution < -0.4 is 4.74 Å². The summed E-state index contributed by atoms with van der Waals surface area (Å²) in [5, 5.41) is 11.3. The topological polar surface area (TPSA) is 45.8 Å². The van der Waals surface area contributed by atoms with Crippen LogP contribution in [-0.2, 0) is 0 Å². The first-order valence-corrected chi connectivity index (χ1v) is 13.9. The molecule has 1 N–H and O–H groups in total. The van der Waals surface area contributed by atoms with E-state index in [2.05, 4.69) is 41.3 Å². The number of likely N-dealkylation sites (tertiary alicyclic amines) is 1. The fourth-order valence-corrected chi connectivity index (χ4v) is 6.49. The second kappa shape index (κ2) is 10.6. The SMILES string of the molecule is Oc1ccc2c(c1)SCCC(c1ccc3occc3c1)=C2c1ccc(O[C@H]2CCN(CCCF)C2)cc1. The van der Waals surface area contributed by atoms with E-state index in [-0.39, 0.29) is 18.5 Å². The van der Waals surface area contributed by atoms with Crippen LogP contribution in [0.1, 0.15) is 36.0 Å². The van der Waals surface area contributed by atoms with E-state index < -0.39 is 0 Å². The van der Waals surface area contributed by atoms with Crippen molar-refractivity contribution < 1.29 is 18.7 Å². The Morgan fingerprint density at radius 3 is 2.76 bits per heavy atom. The lowest BCUT2D eigenvalue weighted by atomic mass is 9.88. The Balaban J connectivity index is 1.35. The van der Waals surface area contributed by atoms with Crippen LogP contribution >= 0.6 is 11.8 Å². The molecule has 0 saturated carbocycles. The van der Waals surface area contributed by atoms with Gasteiger partial charge in [0.05, 0.1) is 12.9 Å². The highest BCUT2D eigenvalue weighted by Crippen LogP contribution is 2.44. The lowest BCUT2D eigenvalue weighted by Gasteiger charge is -2.18. The third-order valence-electron chi connectivity index (χ3n) is 7.23. The summed E-state index contributed by atoms with van der Waals surface area (Å²) in [5.74, 6) is 2.08. The van der Waals surface area contributed by atoms with E-state index in [0.29, 0.717) is 6.42 Å². The average molecular weight is 516 g/mol. The van der Waals surface area contributed by atoms with Crippen molar-refractivity contribution in [2.75, 3.05) is 32.1 Å². The van der Waals surface area contributed by atoms with Gasteiger partial charge in [-0.15, -0.1) is 11.8 Å². The van der Waals surface area contributed by atoms with Gasteiger partial charge in [0.1, 0.15) is 23.2 Å². The van der Waals surface area contributed by atoms with E-state index in [1.165, 1.54) is 16.7 Å². The number of phenolic OH excluding ortho intramolecular Hbond substituents is 1. The summed E-state index contributed by atoms with van der Waals surface area (Å²) in [7, 11) is 0. The second-order valence-electron chi connectivity index (χ2n) is 9.70. The van der Waals surface area contributed by atoms with E-state index in [9.17, 15) is 9.50 Å². The average Bonchev–Trinajstić information content (AvgIpc) is 3.53. The summed E-state index contributed by atoms with van der Waals surface area (Å²) in [4.78, 5) is 3.37. The minimum atomic E-state index is -0.265. The lowest BCUT2D eigenvalue weighted by Crippen LogP contribution is -2.26. The number of rotatable bonds is 7. The summed E-state index contributed by atoms with van der Waals surface area (Å²) in [6.45, 7) is 2.34. The van der Waals surface area contributed by atoms with E-state index in [1.54, 1.807) is 24.1 Å². The zero-order valence-corrected chi connectivity index (χ0v) is 21.5. The fraction of sp³-hybridized carbons (Fsp3) is 0.290. The molecule has 4 aromatic rings. The zero-order chi connectivity index (χ0) is 25.2. The number of nitrogens with zero attached hydrogens (tertiary/aromatic N) is 1. The van der Waals surface area contributed by atoms with Crippen molar-refractivity contribution >= 4 is 33.9 Å². The van der Waals surface area contributed by atoms with Gasteiger partial charge in [-0.05, 0) is 95.6 Å². The van der Waals surface area contributed by atoms with Gasteiger partial charge in [0, 0.05) is 35.7 Å². The Bertz CT molecular complexity index is 1430. The Morgan fingerprint density at radius 2 is 1.89 bits per heavy atom. The van der Waals surface area contributed by atoms with Crippen molar-refractivity contribution in [3.05, 3.63) is 89.7 Å². The number of thioether (sulfide) groups is 1. The molecule has 0 bridgehead atoms. The molecule has 37 heavy (non-hydrogen) atoms. The van der Waals surface area contributed by atoms with Gasteiger partial charge in [-0.2, -0.15) is 0 Å². The quantitative estimate of drug-likeness (QED) is 0.278. The molecule has 0 spiro atoms. The summed E-state index contributed by atoms with van der Waals surface area (Å²) in [6, 6.07) is 22.5. The molecular formula is C31H30FNO3S. The summed E-state index contributed by atoms with van der Waals surface area (Å²) >= 11 is 1.78. The first kappa shape index (κ1) is 24.1. The number of aromatic hydroxyl groups is 1. The number of halogens is 1. The summed E-state index contributed by atoms with van der Waals surface area (Å²) < 4.78 is 24.4. The lowest BCUT2D eigenvalue weighted by molar-refractivity contribution is 0.198. The van der Waals surface area contributed by atoms with Crippen LogP contribution in [0.5, 0.6) is 11.5 Å². The third kappa shape index (κ3) is 5.13. The fourth-order valence-electron chi connectivity index (χ4n) is 5.43. The molecule has 0 unspecified atom stereocenters. The molecule has 2 aliphatic rings. The number of alkyl halides is 1. The standard InChI is InChI=1S/C31H30FNO3S/c32-13-1-14-33-15-10-26(20-33)36-25-6-2-21(3-7-25)31-27(22-4-9-29-23(18-22)11-16-35-29)12-17-37-30-19-24(34)5-8-28(30)31/h2-9,11,16,18-19,26,34H,1,10,12-15,17,20H2/t26-/m0/s1. The van der Waals surface area contributed by atoms with Crippen LogP contribution in [-0.4, -0.2) is 48.2 Å². The van der Waals surface area contributed by atoms with Crippen molar-refractivity contribution in [3.63, 3.8) is 0 Å². The number of fused-ring (bicyclic) bond motifs is 2. The summed E-state index contributed by atoms with van der Waals surface area (Å²) in [5.41, 5.74) is 6.80. The monoisotopic (exact) mass is 515 g/mol. The molecule has 0 aliphatic carbocycles. The Kier molecular flexibility index (Phi) is 6.94. The van der Waals surface area contributed by atoms with Crippen molar-refractivity contribution in [3.8, 4) is 11.5 Å². The van der Waals surface area contributed by atoms with Gasteiger partial charge in [0.2, 0.25) is 0 Å². The highest BCUT2D eigenvalue weighted by Gasteiger charge is 2.24. The molecule has 6 heteroatoms. The van der Waals surface area contributed by atoms with Gasteiger partial charge in [-0.1, -0.05) is 18.2 Å². The van der Waals surface area contributed by atoms with Crippen molar-refractivity contribution in [1.29, 1.82) is 0 Å². The van der Waals surface area contributed by atoms with Gasteiger partial charge in [0.15, 0.2) is 0 Å². The van der Waals surface area contributed by atoms with Crippen molar-refractivity contribution in [1.82, 2.24) is 4.90 Å². The molecule has 190 valence electrons. The van der Waals surface area contributed by atoms with Gasteiger partial charge in [-0.3, -0.25) is 9.29 Å². The Hall–Kier alpha value is -3.22. The molecule has 1 aromatic heterocycles. The number of benzene rings is 3. The van der Waals surface area contributed by atoms with Crippen LogP contribution in [0.25, 0.3) is 22.1 Å². The number of phenols is 1. The second-order valence-corrected chi connectivity index (χ2v) is 10.8. The number of hydrogen-bond acceptors (Lipinski definition) is 5. The minimum Gasteiger partial charge on any atom is -0.508 e. The van der Waals surface area contributed by atoms with Crippen LogP contribution in [0.4, 0.5) is 4.39 Å². The first-order valence-electron chi connectivity index (χ1n) is 12.9. The van der Waals surface area contributed by atoms with Gasteiger partial charge >= 0.3 is 0 Å². The van der Waals surface area contributed by atoms with Gasteiger partial charge in [-0.25, -0.2) is 0 Å². The molecule has 2 aliphatic heterocycles. The normalized spacial score (nSPS) is 18.2. The molecule has 4 nitrogen and oxygen atoms in total. The maximum atomic E-state index is 12.5. The smallest absolute Gasteiger partial charge is 0.133 e. The molecule has 1 saturated heterocycles. The number of allylic oxidation sites excluding steroid dienone is 1. The van der Waals surface area contributed by atoms with E-state index >= 15 is 0 Å². The molecule has 0 amide bonds. The maximum Gasteiger partial charge on any atom is 0.133 e. The number of furan rings is 1. The Labute approximate surface area is 220 Å².